The van der Waals surface area contributed by atoms with E-state index < -0.39 is 5.79 Å². The van der Waals surface area contributed by atoms with E-state index in [1.54, 1.807) is 0 Å². The van der Waals surface area contributed by atoms with E-state index in [0.717, 1.165) is 11.3 Å². The van der Waals surface area contributed by atoms with E-state index in [2.05, 4.69) is 0 Å². The lowest BCUT2D eigenvalue weighted by Gasteiger charge is -2.20. The summed E-state index contributed by atoms with van der Waals surface area (Å²) in [5.74, 6) is -0.679. The molecule has 3 nitrogen and oxygen atoms in total. The van der Waals surface area contributed by atoms with Crippen LogP contribution in [0.3, 0.4) is 0 Å². The summed E-state index contributed by atoms with van der Waals surface area (Å²) in [7, 11) is 0. The van der Waals surface area contributed by atoms with E-state index in [1.165, 1.54) is 0 Å². The molecule has 1 aromatic rings. The quantitative estimate of drug-likeness (QED) is 0.781. The van der Waals surface area contributed by atoms with Crippen molar-refractivity contribution in [3.63, 3.8) is 0 Å². The van der Waals surface area contributed by atoms with Gasteiger partial charge in [-0.1, -0.05) is 30.3 Å². The molecule has 80 valence electrons. The maximum atomic E-state index is 9.62. The largest absolute Gasteiger partial charge is 0.464 e. The lowest BCUT2D eigenvalue weighted by Crippen LogP contribution is -2.32. The van der Waals surface area contributed by atoms with Crippen molar-refractivity contribution in [1.29, 1.82) is 0 Å². The van der Waals surface area contributed by atoms with Crippen molar-refractivity contribution in [2.75, 3.05) is 6.61 Å². The Hall–Kier alpha value is -1.32. The van der Waals surface area contributed by atoms with Gasteiger partial charge in [-0.2, -0.15) is 0 Å². The van der Waals surface area contributed by atoms with Crippen LogP contribution in [-0.2, 0) is 11.2 Å². The molecule has 0 bridgehead atoms. The average Bonchev–Trinajstić information content (AvgIpc) is 2.63. The van der Waals surface area contributed by atoms with Crippen LogP contribution in [0.15, 0.2) is 42.2 Å². The summed E-state index contributed by atoms with van der Waals surface area (Å²) >= 11 is 0. The lowest BCUT2D eigenvalue weighted by molar-refractivity contribution is -0.185. The number of hydrogen-bond donors (Lipinski definition) is 2. The number of hydrogen-bond acceptors (Lipinski definition) is 3. The molecule has 1 aliphatic rings. The molecule has 1 aromatic carbocycles. The second-order valence-corrected chi connectivity index (χ2v) is 3.74. The first-order valence-corrected chi connectivity index (χ1v) is 4.97. The van der Waals surface area contributed by atoms with Gasteiger partial charge < -0.3 is 14.9 Å². The molecule has 0 saturated heterocycles. The van der Waals surface area contributed by atoms with E-state index in [4.69, 9.17) is 9.84 Å². The summed E-state index contributed by atoms with van der Waals surface area (Å²) in [6, 6.07) is 9.88. The van der Waals surface area contributed by atoms with Gasteiger partial charge >= 0.3 is 0 Å². The van der Waals surface area contributed by atoms with E-state index >= 15 is 0 Å². The van der Waals surface area contributed by atoms with Gasteiger partial charge in [0.15, 0.2) is 0 Å². The molecular formula is C12H14O3. The summed E-state index contributed by atoms with van der Waals surface area (Å²) < 4.78 is 5.27. The Morgan fingerprint density at radius 3 is 2.60 bits per heavy atom. The highest BCUT2D eigenvalue weighted by Crippen LogP contribution is 2.27. The molecule has 1 aliphatic heterocycles. The summed E-state index contributed by atoms with van der Waals surface area (Å²) in [5.41, 5.74) is 1.13. The highest BCUT2D eigenvalue weighted by Gasteiger charge is 2.32. The third kappa shape index (κ3) is 2.37. The predicted octanol–water partition coefficient (Wildman–Crippen LogP) is 1.21. The summed E-state index contributed by atoms with van der Waals surface area (Å²) in [6.07, 6.45) is 2.83. The molecule has 2 N–H and O–H groups in total. The van der Waals surface area contributed by atoms with Crippen molar-refractivity contribution in [3.05, 3.63) is 47.7 Å². The van der Waals surface area contributed by atoms with Crippen LogP contribution in [-0.4, -0.2) is 22.6 Å². The van der Waals surface area contributed by atoms with Gasteiger partial charge in [-0.15, -0.1) is 0 Å². The Bertz CT molecular complexity index is 358. The van der Waals surface area contributed by atoms with Crippen LogP contribution in [0.1, 0.15) is 12.0 Å². The van der Waals surface area contributed by atoms with Gasteiger partial charge in [0.25, 0.3) is 0 Å². The standard InChI is InChI=1S/C12H14O3/c13-9-12(14)7-6-11(15-12)8-10-4-2-1-3-5-10/h1-6,13-14H,7-9H2. The maximum Gasteiger partial charge on any atom is 0.234 e. The molecule has 0 radical (unpaired) electrons. The number of allylic oxidation sites excluding steroid dienone is 1. The second kappa shape index (κ2) is 4.04. The fraction of sp³-hybridized carbons (Fsp3) is 0.333. The van der Waals surface area contributed by atoms with Gasteiger partial charge in [0, 0.05) is 12.8 Å². The lowest BCUT2D eigenvalue weighted by atomic mass is 10.1. The average molecular weight is 206 g/mol. The molecule has 1 heterocycles. The smallest absolute Gasteiger partial charge is 0.234 e. The molecule has 0 aliphatic carbocycles. The van der Waals surface area contributed by atoms with Crippen molar-refractivity contribution in [1.82, 2.24) is 0 Å². The second-order valence-electron chi connectivity index (χ2n) is 3.74. The van der Waals surface area contributed by atoms with Gasteiger partial charge in [-0.25, -0.2) is 0 Å². The molecule has 0 aromatic heterocycles. The molecule has 0 amide bonds. The highest BCUT2D eigenvalue weighted by atomic mass is 16.6. The zero-order chi connectivity index (χ0) is 10.7. The third-order valence-corrected chi connectivity index (χ3v) is 2.44. The van der Waals surface area contributed by atoms with E-state index in [-0.39, 0.29) is 6.61 Å². The van der Waals surface area contributed by atoms with Gasteiger partial charge in [-0.3, -0.25) is 0 Å². The molecule has 0 saturated carbocycles. The maximum absolute atomic E-state index is 9.62. The SMILES string of the molecule is OCC1(O)CC=C(Cc2ccccc2)O1. The molecular weight excluding hydrogens is 192 g/mol. The fourth-order valence-electron chi connectivity index (χ4n) is 1.60. The molecule has 15 heavy (non-hydrogen) atoms. The third-order valence-electron chi connectivity index (χ3n) is 2.44. The number of benzene rings is 1. The van der Waals surface area contributed by atoms with Crippen molar-refractivity contribution >= 4 is 0 Å². The first kappa shape index (κ1) is 10.2. The van der Waals surface area contributed by atoms with Crippen molar-refractivity contribution in [3.8, 4) is 0 Å². The zero-order valence-corrected chi connectivity index (χ0v) is 8.39. The van der Waals surface area contributed by atoms with Crippen LogP contribution in [0.4, 0.5) is 0 Å². The Labute approximate surface area is 88.6 Å². The number of aliphatic hydroxyl groups is 2. The molecule has 0 fully saturated rings. The van der Waals surface area contributed by atoms with Gasteiger partial charge in [-0.05, 0) is 11.6 Å². The van der Waals surface area contributed by atoms with Crippen LogP contribution in [0.2, 0.25) is 0 Å². The Morgan fingerprint density at radius 2 is 2.00 bits per heavy atom. The molecule has 3 heteroatoms. The Kier molecular flexibility index (Phi) is 2.75. The normalized spacial score (nSPS) is 24.8. The van der Waals surface area contributed by atoms with Crippen molar-refractivity contribution in [2.45, 2.75) is 18.6 Å². The molecule has 2 rings (SSSR count). The summed E-state index contributed by atoms with van der Waals surface area (Å²) in [5, 5.41) is 18.5. The predicted molar refractivity (Wildman–Crippen MR) is 56.0 cm³/mol. The van der Waals surface area contributed by atoms with Gasteiger partial charge in [0.05, 0.1) is 0 Å². The minimum Gasteiger partial charge on any atom is -0.464 e. The summed E-state index contributed by atoms with van der Waals surface area (Å²) in [6.45, 7) is -0.373. The first-order valence-electron chi connectivity index (χ1n) is 4.97. The first-order chi connectivity index (χ1) is 7.22. The van der Waals surface area contributed by atoms with Gasteiger partial charge in [0.2, 0.25) is 5.79 Å². The number of ether oxygens (including phenoxy) is 1. The molecule has 1 atom stereocenters. The monoisotopic (exact) mass is 206 g/mol. The summed E-state index contributed by atoms with van der Waals surface area (Å²) in [4.78, 5) is 0. The van der Waals surface area contributed by atoms with E-state index in [0.29, 0.717) is 12.8 Å². The van der Waals surface area contributed by atoms with Crippen LogP contribution in [0, 0.1) is 0 Å². The van der Waals surface area contributed by atoms with Crippen LogP contribution >= 0.6 is 0 Å². The van der Waals surface area contributed by atoms with Crippen LogP contribution in [0.5, 0.6) is 0 Å². The van der Waals surface area contributed by atoms with Crippen LogP contribution < -0.4 is 0 Å². The fourth-order valence-corrected chi connectivity index (χ4v) is 1.60. The van der Waals surface area contributed by atoms with E-state index in [9.17, 15) is 5.11 Å². The van der Waals surface area contributed by atoms with Crippen molar-refractivity contribution in [2.24, 2.45) is 0 Å². The minimum atomic E-state index is -1.40. The van der Waals surface area contributed by atoms with Crippen molar-refractivity contribution < 1.29 is 14.9 Å². The van der Waals surface area contributed by atoms with Gasteiger partial charge in [0.1, 0.15) is 12.4 Å². The Morgan fingerprint density at radius 1 is 1.27 bits per heavy atom. The Balaban J connectivity index is 1.99. The van der Waals surface area contributed by atoms with Crippen LogP contribution in [0.25, 0.3) is 0 Å². The van der Waals surface area contributed by atoms with E-state index in [1.807, 2.05) is 36.4 Å². The number of rotatable bonds is 3. The minimum absolute atomic E-state index is 0.353. The highest BCUT2D eigenvalue weighted by molar-refractivity contribution is 5.21. The number of aliphatic hydroxyl groups excluding tert-OH is 1. The topological polar surface area (TPSA) is 49.7 Å². The zero-order valence-electron chi connectivity index (χ0n) is 8.39. The molecule has 0 spiro atoms. The molecule has 1 unspecified atom stereocenters.